The largest absolute Gasteiger partial charge is 0.395 e. The fourth-order valence-corrected chi connectivity index (χ4v) is 1.76. The zero-order chi connectivity index (χ0) is 11.4. The van der Waals surface area contributed by atoms with E-state index in [0.29, 0.717) is 6.54 Å². The third-order valence-electron chi connectivity index (χ3n) is 2.58. The fraction of sp³-hybridized carbons (Fsp3) is 0.889. The number of aliphatic hydroxyl groups excluding tert-OH is 3. The third-order valence-corrected chi connectivity index (χ3v) is 2.58. The molecule has 0 saturated carbocycles. The minimum absolute atomic E-state index is 0.0998. The van der Waals surface area contributed by atoms with Crippen molar-refractivity contribution >= 4 is 5.91 Å². The Morgan fingerprint density at radius 1 is 1.33 bits per heavy atom. The topological polar surface area (TPSA) is 102 Å². The van der Waals surface area contributed by atoms with Gasteiger partial charge in [-0.05, 0) is 6.92 Å². The molecule has 6 heteroatoms. The Bertz CT molecular complexity index is 224. The van der Waals surface area contributed by atoms with Crippen LogP contribution >= 0.6 is 0 Å². The highest BCUT2D eigenvalue weighted by Gasteiger charge is 2.41. The summed E-state index contributed by atoms with van der Waals surface area (Å²) in [5, 5.41) is 33.3. The molecule has 5 N–H and O–H groups in total. The van der Waals surface area contributed by atoms with E-state index < -0.39 is 24.3 Å². The van der Waals surface area contributed by atoms with E-state index in [1.165, 1.54) is 0 Å². The van der Waals surface area contributed by atoms with E-state index in [2.05, 4.69) is 10.6 Å². The summed E-state index contributed by atoms with van der Waals surface area (Å²) < 4.78 is 0. The number of rotatable bonds is 4. The van der Waals surface area contributed by atoms with Gasteiger partial charge in [-0.25, -0.2) is 0 Å². The number of nitrogens with one attached hydrogen (secondary N) is 2. The van der Waals surface area contributed by atoms with Crippen molar-refractivity contribution in [3.63, 3.8) is 0 Å². The second kappa shape index (κ2) is 5.41. The van der Waals surface area contributed by atoms with E-state index in [9.17, 15) is 15.0 Å². The molecular weight excluding hydrogens is 200 g/mol. The molecule has 1 fully saturated rings. The molecule has 15 heavy (non-hydrogen) atoms. The Morgan fingerprint density at radius 3 is 2.40 bits per heavy atom. The van der Waals surface area contributed by atoms with Crippen LogP contribution in [0.25, 0.3) is 0 Å². The summed E-state index contributed by atoms with van der Waals surface area (Å²) in [7, 11) is 0. The van der Waals surface area contributed by atoms with Crippen molar-refractivity contribution in [2.24, 2.45) is 0 Å². The maximum absolute atomic E-state index is 11.2. The number of carbonyl (C=O) groups is 1. The first-order valence-corrected chi connectivity index (χ1v) is 5.09. The molecule has 1 saturated heterocycles. The predicted molar refractivity (Wildman–Crippen MR) is 53.1 cm³/mol. The summed E-state index contributed by atoms with van der Waals surface area (Å²) >= 11 is 0. The lowest BCUT2D eigenvalue weighted by molar-refractivity contribution is -0.122. The number of aliphatic hydroxyl groups is 3. The molecule has 1 heterocycles. The predicted octanol–water partition coefficient (Wildman–Crippen LogP) is -2.43. The number of hydrogen-bond donors (Lipinski definition) is 5. The summed E-state index contributed by atoms with van der Waals surface area (Å²) in [4.78, 5) is 11.2. The maximum Gasteiger partial charge on any atom is 0.221 e. The van der Waals surface area contributed by atoms with E-state index in [1.54, 1.807) is 0 Å². The second-order valence-corrected chi connectivity index (χ2v) is 3.70. The summed E-state index contributed by atoms with van der Waals surface area (Å²) in [5.74, 6) is -0.181. The van der Waals surface area contributed by atoms with Crippen molar-refractivity contribution in [2.75, 3.05) is 13.2 Å². The summed E-state index contributed by atoms with van der Waals surface area (Å²) in [6, 6.07) is -1.05. The van der Waals surface area contributed by atoms with Crippen molar-refractivity contribution in [2.45, 2.75) is 37.6 Å². The molecule has 4 atom stereocenters. The van der Waals surface area contributed by atoms with Gasteiger partial charge in [0, 0.05) is 19.0 Å². The van der Waals surface area contributed by atoms with E-state index >= 15 is 0 Å². The second-order valence-electron chi connectivity index (χ2n) is 3.70. The van der Waals surface area contributed by atoms with Gasteiger partial charge in [0.05, 0.1) is 24.9 Å². The minimum atomic E-state index is -1.02. The van der Waals surface area contributed by atoms with Gasteiger partial charge in [0.25, 0.3) is 0 Å². The van der Waals surface area contributed by atoms with Crippen LogP contribution in [0.1, 0.15) is 13.3 Å². The highest BCUT2D eigenvalue weighted by atomic mass is 16.3. The quantitative estimate of drug-likeness (QED) is 0.361. The van der Waals surface area contributed by atoms with Gasteiger partial charge in [0.1, 0.15) is 0 Å². The van der Waals surface area contributed by atoms with Crippen LogP contribution in [-0.4, -0.2) is 58.7 Å². The summed E-state index contributed by atoms with van der Waals surface area (Å²) in [5.41, 5.74) is 0. The van der Waals surface area contributed by atoms with E-state index in [1.807, 2.05) is 6.92 Å². The van der Waals surface area contributed by atoms with Gasteiger partial charge < -0.3 is 26.0 Å². The van der Waals surface area contributed by atoms with Crippen molar-refractivity contribution in [3.8, 4) is 0 Å². The van der Waals surface area contributed by atoms with Crippen LogP contribution in [0.15, 0.2) is 0 Å². The zero-order valence-corrected chi connectivity index (χ0v) is 8.68. The highest BCUT2D eigenvalue weighted by molar-refractivity contribution is 5.76. The highest BCUT2D eigenvalue weighted by Crippen LogP contribution is 2.16. The van der Waals surface area contributed by atoms with Gasteiger partial charge in [0.15, 0.2) is 0 Å². The molecule has 0 aromatic carbocycles. The Morgan fingerprint density at radius 2 is 1.93 bits per heavy atom. The lowest BCUT2D eigenvalue weighted by Gasteiger charge is -2.14. The molecule has 1 aliphatic rings. The SMILES string of the molecule is CCNC(=O)C[C@H]1N[C@H](CO)[C@@H](O)[C@H]1O. The van der Waals surface area contributed by atoms with Crippen LogP contribution in [0.4, 0.5) is 0 Å². The van der Waals surface area contributed by atoms with Crippen molar-refractivity contribution in [1.82, 2.24) is 10.6 Å². The molecule has 1 aliphatic heterocycles. The first-order valence-electron chi connectivity index (χ1n) is 5.09. The summed E-state index contributed by atoms with van der Waals surface area (Å²) in [6.07, 6.45) is -1.93. The monoisotopic (exact) mass is 218 g/mol. The van der Waals surface area contributed by atoms with Gasteiger partial charge >= 0.3 is 0 Å². The van der Waals surface area contributed by atoms with Gasteiger partial charge in [-0.2, -0.15) is 0 Å². The zero-order valence-electron chi connectivity index (χ0n) is 8.68. The van der Waals surface area contributed by atoms with Crippen LogP contribution in [-0.2, 0) is 4.79 Å². The Balaban J connectivity index is 2.47. The minimum Gasteiger partial charge on any atom is -0.395 e. The molecular formula is C9H18N2O4. The molecule has 0 spiro atoms. The molecule has 1 rings (SSSR count). The van der Waals surface area contributed by atoms with E-state index in [-0.39, 0.29) is 18.9 Å². The number of carbonyl (C=O) groups excluding carboxylic acids is 1. The maximum atomic E-state index is 11.2. The molecule has 0 aliphatic carbocycles. The molecule has 0 unspecified atom stereocenters. The van der Waals surface area contributed by atoms with Gasteiger partial charge in [0.2, 0.25) is 5.91 Å². The third kappa shape index (κ3) is 2.88. The Hall–Kier alpha value is -0.690. The van der Waals surface area contributed by atoms with Crippen LogP contribution < -0.4 is 10.6 Å². The average Bonchev–Trinajstić information content (AvgIpc) is 2.46. The van der Waals surface area contributed by atoms with Crippen molar-refractivity contribution < 1.29 is 20.1 Å². The van der Waals surface area contributed by atoms with Crippen LogP contribution in [0, 0.1) is 0 Å². The Kier molecular flexibility index (Phi) is 4.46. The number of hydrogen-bond acceptors (Lipinski definition) is 5. The van der Waals surface area contributed by atoms with Gasteiger partial charge in [-0.3, -0.25) is 4.79 Å². The molecule has 0 aromatic heterocycles. The molecule has 0 radical (unpaired) electrons. The molecule has 6 nitrogen and oxygen atoms in total. The first-order chi connectivity index (χ1) is 7.10. The lowest BCUT2D eigenvalue weighted by atomic mass is 10.1. The fourth-order valence-electron chi connectivity index (χ4n) is 1.76. The standard InChI is InChI=1S/C9H18N2O4/c1-2-10-7(13)3-5-8(14)9(15)6(4-12)11-5/h5-6,8-9,11-12,14-15H,2-4H2,1H3,(H,10,13)/t5-,6-,8+,9-/m1/s1. The van der Waals surface area contributed by atoms with E-state index in [0.717, 1.165) is 0 Å². The van der Waals surface area contributed by atoms with Crippen LogP contribution in [0.2, 0.25) is 0 Å². The molecule has 1 amide bonds. The molecule has 0 aromatic rings. The van der Waals surface area contributed by atoms with Crippen molar-refractivity contribution in [3.05, 3.63) is 0 Å². The smallest absolute Gasteiger partial charge is 0.221 e. The van der Waals surface area contributed by atoms with Gasteiger partial charge in [-0.1, -0.05) is 0 Å². The summed E-state index contributed by atoms with van der Waals surface area (Å²) in [6.45, 7) is 2.08. The first kappa shape index (κ1) is 12.4. The normalized spacial score (nSPS) is 35.5. The Labute approximate surface area is 88.3 Å². The molecule has 88 valence electrons. The van der Waals surface area contributed by atoms with Crippen molar-refractivity contribution in [1.29, 1.82) is 0 Å². The molecule has 0 bridgehead atoms. The number of amides is 1. The van der Waals surface area contributed by atoms with Crippen LogP contribution in [0.3, 0.4) is 0 Å². The van der Waals surface area contributed by atoms with Gasteiger partial charge in [-0.15, -0.1) is 0 Å². The lowest BCUT2D eigenvalue weighted by Crippen LogP contribution is -2.39. The van der Waals surface area contributed by atoms with Crippen LogP contribution in [0.5, 0.6) is 0 Å². The van der Waals surface area contributed by atoms with E-state index in [4.69, 9.17) is 5.11 Å². The average molecular weight is 218 g/mol.